The Morgan fingerprint density at radius 1 is 1.31 bits per heavy atom. The molecule has 3 heteroatoms. The molecule has 1 aromatic rings. The van der Waals surface area contributed by atoms with Gasteiger partial charge in [0.15, 0.2) is 0 Å². The van der Waals surface area contributed by atoms with E-state index in [0.29, 0.717) is 18.9 Å². The number of carbonyl (C=O) groups is 1. The average molecular weight is 217 g/mol. The summed E-state index contributed by atoms with van der Waals surface area (Å²) in [6.07, 6.45) is 0.617. The Morgan fingerprint density at radius 3 is 2.81 bits per heavy atom. The van der Waals surface area contributed by atoms with Crippen molar-refractivity contribution in [2.24, 2.45) is 5.92 Å². The Bertz CT molecular complexity index is 404. The van der Waals surface area contributed by atoms with Crippen LogP contribution in [0.5, 0.6) is 0 Å². The van der Waals surface area contributed by atoms with Crippen LogP contribution in [-0.4, -0.2) is 23.6 Å². The third-order valence-corrected chi connectivity index (χ3v) is 3.49. The summed E-state index contributed by atoms with van der Waals surface area (Å²) in [5, 5.41) is 0. The predicted molar refractivity (Wildman–Crippen MR) is 59.6 cm³/mol. The van der Waals surface area contributed by atoms with Crippen LogP contribution < -0.4 is 0 Å². The van der Waals surface area contributed by atoms with E-state index in [2.05, 4.69) is 19.1 Å². The molecule has 0 radical (unpaired) electrons. The molecule has 0 aromatic heterocycles. The van der Waals surface area contributed by atoms with Crippen molar-refractivity contribution >= 4 is 5.91 Å². The molecule has 0 aliphatic carbocycles. The van der Waals surface area contributed by atoms with Gasteiger partial charge in [-0.2, -0.15) is 0 Å². The van der Waals surface area contributed by atoms with Gasteiger partial charge in [0.2, 0.25) is 5.91 Å². The van der Waals surface area contributed by atoms with E-state index < -0.39 is 0 Å². The monoisotopic (exact) mass is 217 g/mol. The SMILES string of the molecule is C[C@@H]1CC(=O)N2[C@@H](c3ccccc3)CO[C@H]12. The first kappa shape index (κ1) is 9.85. The van der Waals surface area contributed by atoms with Gasteiger partial charge in [-0.25, -0.2) is 0 Å². The molecule has 2 aliphatic rings. The van der Waals surface area contributed by atoms with E-state index in [9.17, 15) is 4.79 Å². The Morgan fingerprint density at radius 2 is 2.06 bits per heavy atom. The van der Waals surface area contributed by atoms with Crippen molar-refractivity contribution in [2.75, 3.05) is 6.61 Å². The zero-order chi connectivity index (χ0) is 11.1. The lowest BCUT2D eigenvalue weighted by atomic mass is 10.1. The molecular formula is C13H15NO2. The molecule has 1 amide bonds. The van der Waals surface area contributed by atoms with Crippen LogP contribution in [0.4, 0.5) is 0 Å². The highest BCUT2D eigenvalue weighted by Crippen LogP contribution is 2.39. The van der Waals surface area contributed by atoms with Gasteiger partial charge in [-0.05, 0) is 5.56 Å². The summed E-state index contributed by atoms with van der Waals surface area (Å²) >= 11 is 0. The maximum atomic E-state index is 11.9. The smallest absolute Gasteiger partial charge is 0.225 e. The van der Waals surface area contributed by atoms with Crippen molar-refractivity contribution in [3.63, 3.8) is 0 Å². The van der Waals surface area contributed by atoms with E-state index in [1.165, 1.54) is 5.56 Å². The van der Waals surface area contributed by atoms with Crippen LogP contribution >= 0.6 is 0 Å². The molecule has 0 saturated carbocycles. The van der Waals surface area contributed by atoms with E-state index in [4.69, 9.17) is 4.74 Å². The number of benzene rings is 1. The number of hydrogen-bond donors (Lipinski definition) is 0. The van der Waals surface area contributed by atoms with Crippen LogP contribution in [-0.2, 0) is 9.53 Å². The minimum absolute atomic E-state index is 0.00212. The van der Waals surface area contributed by atoms with Gasteiger partial charge < -0.3 is 9.64 Å². The molecule has 2 heterocycles. The topological polar surface area (TPSA) is 29.5 Å². The van der Waals surface area contributed by atoms with Crippen LogP contribution in [0.1, 0.15) is 24.9 Å². The van der Waals surface area contributed by atoms with Crippen LogP contribution in [0, 0.1) is 5.92 Å². The van der Waals surface area contributed by atoms with E-state index in [0.717, 1.165) is 0 Å². The Balaban J connectivity index is 1.92. The lowest BCUT2D eigenvalue weighted by molar-refractivity contribution is -0.131. The standard InChI is InChI=1S/C13H15NO2/c1-9-7-12(15)14-11(8-16-13(9)14)10-5-3-2-4-6-10/h2-6,9,11,13H,7-8H2,1H3/t9-,11-,13-/m1/s1. The fourth-order valence-electron chi connectivity index (χ4n) is 2.70. The maximum absolute atomic E-state index is 11.9. The van der Waals surface area contributed by atoms with Gasteiger partial charge >= 0.3 is 0 Å². The lowest BCUT2D eigenvalue weighted by Gasteiger charge is -2.22. The van der Waals surface area contributed by atoms with Crippen molar-refractivity contribution in [3.8, 4) is 0 Å². The summed E-state index contributed by atoms with van der Waals surface area (Å²) in [5.41, 5.74) is 1.17. The first-order valence-electron chi connectivity index (χ1n) is 5.75. The molecule has 3 rings (SSSR count). The lowest BCUT2D eigenvalue weighted by Crippen LogP contribution is -2.31. The molecule has 1 aromatic carbocycles. The fraction of sp³-hybridized carbons (Fsp3) is 0.462. The van der Waals surface area contributed by atoms with E-state index in [1.807, 2.05) is 23.1 Å². The van der Waals surface area contributed by atoms with Crippen molar-refractivity contribution in [3.05, 3.63) is 35.9 Å². The largest absolute Gasteiger partial charge is 0.355 e. The van der Waals surface area contributed by atoms with Crippen LogP contribution in [0.3, 0.4) is 0 Å². The fourth-order valence-corrected chi connectivity index (χ4v) is 2.70. The zero-order valence-corrected chi connectivity index (χ0v) is 9.30. The molecule has 3 atom stereocenters. The highest BCUT2D eigenvalue weighted by atomic mass is 16.5. The Hall–Kier alpha value is -1.35. The predicted octanol–water partition coefficient (Wildman–Crippen LogP) is 1.95. The molecule has 2 saturated heterocycles. The van der Waals surface area contributed by atoms with Crippen molar-refractivity contribution in [1.82, 2.24) is 4.90 Å². The molecule has 0 unspecified atom stereocenters. The van der Waals surface area contributed by atoms with Gasteiger partial charge in [-0.3, -0.25) is 4.79 Å². The number of hydrogen-bond acceptors (Lipinski definition) is 2. The summed E-state index contributed by atoms with van der Waals surface area (Å²) in [6, 6.07) is 10.2. The number of fused-ring (bicyclic) bond motifs is 1. The quantitative estimate of drug-likeness (QED) is 0.719. The third kappa shape index (κ3) is 1.35. The molecule has 0 N–H and O–H groups in total. The minimum atomic E-state index is -0.00212. The van der Waals surface area contributed by atoms with E-state index >= 15 is 0 Å². The van der Waals surface area contributed by atoms with Gasteiger partial charge in [0.25, 0.3) is 0 Å². The maximum Gasteiger partial charge on any atom is 0.225 e. The number of rotatable bonds is 1. The highest BCUT2D eigenvalue weighted by Gasteiger charge is 2.46. The van der Waals surface area contributed by atoms with E-state index in [1.54, 1.807) is 0 Å². The van der Waals surface area contributed by atoms with Gasteiger partial charge in [-0.15, -0.1) is 0 Å². The second-order valence-electron chi connectivity index (χ2n) is 4.63. The van der Waals surface area contributed by atoms with Crippen LogP contribution in [0.2, 0.25) is 0 Å². The summed E-state index contributed by atoms with van der Waals surface area (Å²) in [5.74, 6) is 0.546. The number of ether oxygens (including phenoxy) is 1. The first-order chi connectivity index (χ1) is 7.77. The molecule has 0 bridgehead atoms. The summed E-state index contributed by atoms with van der Waals surface area (Å²) in [4.78, 5) is 13.8. The molecule has 84 valence electrons. The number of amides is 1. The number of nitrogens with zero attached hydrogens (tertiary/aromatic N) is 1. The molecule has 2 fully saturated rings. The summed E-state index contributed by atoms with van der Waals surface area (Å²) < 4.78 is 5.73. The second-order valence-corrected chi connectivity index (χ2v) is 4.63. The molecule has 0 spiro atoms. The van der Waals surface area contributed by atoms with Crippen molar-refractivity contribution in [1.29, 1.82) is 0 Å². The van der Waals surface area contributed by atoms with Crippen molar-refractivity contribution < 1.29 is 9.53 Å². The first-order valence-corrected chi connectivity index (χ1v) is 5.75. The summed E-state index contributed by atoms with van der Waals surface area (Å²) in [6.45, 7) is 2.71. The third-order valence-electron chi connectivity index (χ3n) is 3.49. The van der Waals surface area contributed by atoms with Crippen LogP contribution in [0.15, 0.2) is 30.3 Å². The van der Waals surface area contributed by atoms with Gasteiger partial charge in [0.1, 0.15) is 6.23 Å². The van der Waals surface area contributed by atoms with Crippen molar-refractivity contribution in [2.45, 2.75) is 25.6 Å². The van der Waals surface area contributed by atoms with E-state index in [-0.39, 0.29) is 18.2 Å². The molecule has 16 heavy (non-hydrogen) atoms. The highest BCUT2D eigenvalue weighted by molar-refractivity contribution is 5.79. The van der Waals surface area contributed by atoms with Gasteiger partial charge in [0.05, 0.1) is 12.6 Å². The second kappa shape index (κ2) is 3.59. The number of carbonyl (C=O) groups excluding carboxylic acids is 1. The summed E-state index contributed by atoms with van der Waals surface area (Å²) in [7, 11) is 0. The molecular weight excluding hydrogens is 202 g/mol. The van der Waals surface area contributed by atoms with Gasteiger partial charge in [-0.1, -0.05) is 37.3 Å². The minimum Gasteiger partial charge on any atom is -0.355 e. The Labute approximate surface area is 95.0 Å². The average Bonchev–Trinajstić information content (AvgIpc) is 2.84. The van der Waals surface area contributed by atoms with Gasteiger partial charge in [0, 0.05) is 12.3 Å². The Kier molecular flexibility index (Phi) is 2.21. The normalized spacial score (nSPS) is 33.2. The van der Waals surface area contributed by atoms with Crippen LogP contribution in [0.25, 0.3) is 0 Å². The molecule has 2 aliphatic heterocycles. The molecule has 3 nitrogen and oxygen atoms in total. The zero-order valence-electron chi connectivity index (χ0n) is 9.30.